The summed E-state index contributed by atoms with van der Waals surface area (Å²) >= 11 is 1.61. The van der Waals surface area contributed by atoms with Crippen LogP contribution in [-0.4, -0.2) is 26.9 Å². The molecule has 7 heteroatoms. The third-order valence-corrected chi connectivity index (χ3v) is 5.55. The highest BCUT2D eigenvalue weighted by atomic mass is 32.2. The molecule has 148 valence electrons. The van der Waals surface area contributed by atoms with Crippen LogP contribution < -0.4 is 4.74 Å². The summed E-state index contributed by atoms with van der Waals surface area (Å²) in [6, 6.07) is 16.0. The number of ether oxygens (including phenoxy) is 1. The molecular weight excluding hydrogens is 384 g/mol. The average molecular weight is 407 g/mol. The summed E-state index contributed by atoms with van der Waals surface area (Å²) in [5.41, 5.74) is 4.06. The van der Waals surface area contributed by atoms with Crippen LogP contribution in [0.5, 0.6) is 5.75 Å². The van der Waals surface area contributed by atoms with Gasteiger partial charge in [0, 0.05) is 23.4 Å². The predicted molar refractivity (Wildman–Crippen MR) is 114 cm³/mol. The summed E-state index contributed by atoms with van der Waals surface area (Å²) in [6.45, 7) is 4.98. The van der Waals surface area contributed by atoms with Crippen LogP contribution in [0.25, 0.3) is 22.8 Å². The van der Waals surface area contributed by atoms with Gasteiger partial charge in [0.15, 0.2) is 11.0 Å². The Morgan fingerprint density at radius 1 is 1.07 bits per heavy atom. The maximum atomic E-state index is 5.65. The number of thioether (sulfide) groups is 1. The number of rotatable bonds is 7. The van der Waals surface area contributed by atoms with Crippen molar-refractivity contribution in [2.75, 3.05) is 7.11 Å². The van der Waals surface area contributed by atoms with Crippen LogP contribution in [0.1, 0.15) is 18.2 Å². The zero-order valence-corrected chi connectivity index (χ0v) is 17.4. The van der Waals surface area contributed by atoms with Gasteiger partial charge in [-0.2, -0.15) is 0 Å². The van der Waals surface area contributed by atoms with Gasteiger partial charge in [-0.05, 0) is 44.2 Å². The molecule has 29 heavy (non-hydrogen) atoms. The van der Waals surface area contributed by atoms with Crippen LogP contribution in [0, 0.1) is 6.92 Å². The molecule has 4 aromatic rings. The van der Waals surface area contributed by atoms with E-state index >= 15 is 0 Å². The number of aryl methyl sites for hydroxylation is 1. The second-order valence-electron chi connectivity index (χ2n) is 6.58. The highest BCUT2D eigenvalue weighted by Gasteiger charge is 2.15. The maximum absolute atomic E-state index is 5.65. The minimum atomic E-state index is 0.598. The van der Waals surface area contributed by atoms with Crippen LogP contribution in [0.2, 0.25) is 0 Å². The van der Waals surface area contributed by atoms with Crippen molar-refractivity contribution in [2.45, 2.75) is 31.3 Å². The molecule has 0 aliphatic carbocycles. The van der Waals surface area contributed by atoms with E-state index in [1.165, 1.54) is 5.56 Å². The van der Waals surface area contributed by atoms with Crippen molar-refractivity contribution in [3.63, 3.8) is 0 Å². The standard InChI is InChI=1S/C22H22N4O2S/c1-4-26-20(17-7-5-6-15(2)12-17)24-25-22(26)29-14-18-13-28-21(23-18)16-8-10-19(27-3)11-9-16/h5-13H,4,14H2,1-3H3. The van der Waals surface area contributed by atoms with E-state index in [-0.39, 0.29) is 0 Å². The smallest absolute Gasteiger partial charge is 0.226 e. The molecule has 0 fully saturated rings. The fourth-order valence-corrected chi connectivity index (χ4v) is 3.94. The second kappa shape index (κ2) is 8.53. The molecule has 0 N–H and O–H groups in total. The van der Waals surface area contributed by atoms with Crippen molar-refractivity contribution in [3.05, 3.63) is 66.1 Å². The minimum absolute atomic E-state index is 0.598. The van der Waals surface area contributed by atoms with Gasteiger partial charge >= 0.3 is 0 Å². The summed E-state index contributed by atoms with van der Waals surface area (Å²) in [4.78, 5) is 4.60. The molecule has 0 amide bonds. The van der Waals surface area contributed by atoms with Gasteiger partial charge in [-0.3, -0.25) is 0 Å². The molecule has 0 radical (unpaired) electrons. The first kappa shape index (κ1) is 19.3. The number of benzene rings is 2. The highest BCUT2D eigenvalue weighted by Crippen LogP contribution is 2.28. The molecule has 0 saturated heterocycles. The summed E-state index contributed by atoms with van der Waals surface area (Å²) < 4.78 is 13.0. The summed E-state index contributed by atoms with van der Waals surface area (Å²) in [7, 11) is 1.65. The Morgan fingerprint density at radius 3 is 2.62 bits per heavy atom. The van der Waals surface area contributed by atoms with Crippen LogP contribution >= 0.6 is 11.8 Å². The summed E-state index contributed by atoms with van der Waals surface area (Å²) in [5.74, 6) is 2.95. The van der Waals surface area contributed by atoms with Crippen molar-refractivity contribution in [1.82, 2.24) is 19.7 Å². The Morgan fingerprint density at radius 2 is 1.90 bits per heavy atom. The fourth-order valence-electron chi connectivity index (χ4n) is 3.06. The normalized spacial score (nSPS) is 11.0. The monoisotopic (exact) mass is 406 g/mol. The first-order valence-electron chi connectivity index (χ1n) is 9.39. The van der Waals surface area contributed by atoms with Gasteiger partial charge in [0.25, 0.3) is 0 Å². The molecule has 2 aromatic heterocycles. The number of aromatic nitrogens is 4. The first-order valence-corrected chi connectivity index (χ1v) is 10.4. The molecule has 0 aliphatic rings. The molecule has 0 unspecified atom stereocenters. The van der Waals surface area contributed by atoms with Crippen molar-refractivity contribution < 1.29 is 9.15 Å². The number of methoxy groups -OCH3 is 1. The lowest BCUT2D eigenvalue weighted by atomic mass is 10.1. The first-order chi connectivity index (χ1) is 14.2. The van der Waals surface area contributed by atoms with Gasteiger partial charge in [0.2, 0.25) is 5.89 Å². The predicted octanol–water partition coefficient (Wildman–Crippen LogP) is 5.23. The Bertz CT molecular complexity index is 1100. The van der Waals surface area contributed by atoms with Crippen LogP contribution in [0.15, 0.2) is 64.4 Å². The van der Waals surface area contributed by atoms with Gasteiger partial charge in [-0.1, -0.05) is 35.5 Å². The molecule has 0 atom stereocenters. The Labute approximate surface area is 174 Å². The fraction of sp³-hybridized carbons (Fsp3) is 0.227. The Balaban J connectivity index is 1.49. The Hall–Kier alpha value is -3.06. The van der Waals surface area contributed by atoms with E-state index < -0.39 is 0 Å². The molecule has 0 spiro atoms. The molecule has 6 nitrogen and oxygen atoms in total. The van der Waals surface area contributed by atoms with E-state index in [2.05, 4.69) is 51.8 Å². The number of nitrogens with zero attached hydrogens (tertiary/aromatic N) is 4. The van der Waals surface area contributed by atoms with E-state index in [1.54, 1.807) is 25.1 Å². The zero-order valence-electron chi connectivity index (χ0n) is 16.6. The number of hydrogen-bond donors (Lipinski definition) is 0. The van der Waals surface area contributed by atoms with Crippen molar-refractivity contribution in [3.8, 4) is 28.6 Å². The maximum Gasteiger partial charge on any atom is 0.226 e. The Kier molecular flexibility index (Phi) is 5.67. The minimum Gasteiger partial charge on any atom is -0.497 e. The molecule has 0 saturated carbocycles. The highest BCUT2D eigenvalue weighted by molar-refractivity contribution is 7.98. The number of hydrogen-bond acceptors (Lipinski definition) is 6. The van der Waals surface area contributed by atoms with Gasteiger partial charge in [0.1, 0.15) is 12.0 Å². The van der Waals surface area contributed by atoms with E-state index in [0.717, 1.165) is 40.1 Å². The molecule has 2 heterocycles. The van der Waals surface area contributed by atoms with Crippen molar-refractivity contribution in [1.29, 1.82) is 0 Å². The van der Waals surface area contributed by atoms with Gasteiger partial charge in [-0.15, -0.1) is 10.2 Å². The lowest BCUT2D eigenvalue weighted by Crippen LogP contribution is -2.00. The third-order valence-electron chi connectivity index (χ3n) is 4.55. The van der Waals surface area contributed by atoms with E-state index in [0.29, 0.717) is 11.6 Å². The topological polar surface area (TPSA) is 66.0 Å². The molecule has 4 rings (SSSR count). The molecule has 2 aromatic carbocycles. The lowest BCUT2D eigenvalue weighted by Gasteiger charge is -2.07. The van der Waals surface area contributed by atoms with Crippen LogP contribution in [-0.2, 0) is 12.3 Å². The van der Waals surface area contributed by atoms with Crippen molar-refractivity contribution in [2.24, 2.45) is 0 Å². The van der Waals surface area contributed by atoms with E-state index in [9.17, 15) is 0 Å². The average Bonchev–Trinajstić information content (AvgIpc) is 3.39. The zero-order chi connectivity index (χ0) is 20.2. The third kappa shape index (κ3) is 4.19. The molecule has 0 aliphatic heterocycles. The largest absolute Gasteiger partial charge is 0.497 e. The quantitative estimate of drug-likeness (QED) is 0.392. The van der Waals surface area contributed by atoms with Gasteiger partial charge < -0.3 is 13.7 Å². The summed E-state index contributed by atoms with van der Waals surface area (Å²) in [5, 5.41) is 9.69. The van der Waals surface area contributed by atoms with Crippen LogP contribution in [0.4, 0.5) is 0 Å². The van der Waals surface area contributed by atoms with E-state index in [4.69, 9.17) is 9.15 Å². The molecular formula is C22H22N4O2S. The van der Waals surface area contributed by atoms with Crippen LogP contribution in [0.3, 0.4) is 0 Å². The SMILES string of the molecule is CCn1c(SCc2coc(-c3ccc(OC)cc3)n2)nnc1-c1cccc(C)c1. The number of oxazole rings is 1. The van der Waals surface area contributed by atoms with Gasteiger partial charge in [-0.25, -0.2) is 4.98 Å². The summed E-state index contributed by atoms with van der Waals surface area (Å²) in [6.07, 6.45) is 1.70. The molecule has 0 bridgehead atoms. The second-order valence-corrected chi connectivity index (χ2v) is 7.52. The van der Waals surface area contributed by atoms with Crippen molar-refractivity contribution >= 4 is 11.8 Å². The van der Waals surface area contributed by atoms with Gasteiger partial charge in [0.05, 0.1) is 12.8 Å². The van der Waals surface area contributed by atoms with E-state index in [1.807, 2.05) is 30.3 Å². The lowest BCUT2D eigenvalue weighted by molar-refractivity contribution is 0.415.